The maximum Gasteiger partial charge on any atom is 0.407 e. The molecule has 4 unspecified atom stereocenters. The number of aromatic amines is 3. The van der Waals surface area contributed by atoms with Crippen LogP contribution in [0.4, 0.5) is 14.4 Å². The van der Waals surface area contributed by atoms with Gasteiger partial charge in [0.25, 0.3) is 0 Å². The van der Waals surface area contributed by atoms with Crippen molar-refractivity contribution in [2.45, 2.75) is 239 Å². The van der Waals surface area contributed by atoms with E-state index in [-0.39, 0.29) is 99.4 Å². The number of amides is 8. The fourth-order valence-electron chi connectivity index (χ4n) is 20.6. The molecule has 9 N–H and O–H groups in total. The largest absolute Gasteiger partial charge is 0.465 e. The number of hydrogen-bond acceptors (Lipinski definition) is 19. The molecular weight excluding hydrogens is 1930 g/mol. The molecule has 18 rings (SSSR count). The Labute approximate surface area is 874 Å². The first-order chi connectivity index (χ1) is 70.8. The van der Waals surface area contributed by atoms with Crippen LogP contribution in [0.3, 0.4) is 0 Å². The van der Waals surface area contributed by atoms with Crippen molar-refractivity contribution in [2.75, 3.05) is 60.8 Å². The van der Waals surface area contributed by atoms with E-state index in [4.69, 9.17) is 55.2 Å². The van der Waals surface area contributed by atoms with Crippen LogP contribution in [0.5, 0.6) is 11.5 Å². The van der Waals surface area contributed by atoms with Crippen LogP contribution in [0.1, 0.15) is 231 Å². The van der Waals surface area contributed by atoms with Crippen molar-refractivity contribution < 1.29 is 62.0 Å². The van der Waals surface area contributed by atoms with E-state index >= 15 is 0 Å². The molecule has 34 heteroatoms. The van der Waals surface area contributed by atoms with Gasteiger partial charge in [-0.25, -0.2) is 34.3 Å². The third-order valence-electron chi connectivity index (χ3n) is 29.3. The lowest BCUT2D eigenvalue weighted by molar-refractivity contribution is -0.138. The standard InChI is InChI=1S/C49H56ClN9O7.C49H57N9O6.C16H28P2/c1-27(2)41(56-48(62)64-5)46(60)58-20-10-14-38(58)43-51-25-36(53-43)30-17-19-34(50)32(22-30)23-35-33-18-16-31(24-40(33)66-45(55-35)29-12-8-7-9-13-29)37-26-52-44(54-37)39-15-11-21-59(39)47(61)42(28(3)4)57-49(63)65-6;1-27(2)42(52-29(5)59)46(60)56-20-10-14-38(56)45-51-26-36(54-45)32-16-18-34-40-23-33-22-31(17-19-37(33)58(40)48(64-41(34)24-32)30-12-8-7-9-13-30)35-25-50-44(53-35)39-15-11-21-57(39)47(61)43(28(3)4)55-49(62)63-6;1-15(2,3)17(7)13-11-9-10-12-14(13)18(8)16(4,5)6/h7-9,12-13,16-19,22,24-28,38-39,41-42,45H,10-11,14-15,20-21,23H2,1-6H3,(H,51,53)(H,52,54)(H,56,62)(H,57,63);7-9,12-13,16-19,22-28,38-39,42-43,45,48,51,54H,10-11,14-15,20-21H2,1-6H3,(H,50,53)(H,52,59)(H,55,62);9-12H,1-8H3/t38-,39-,41-,42-,45?;38?,39-,42-,43-,45?,48-;17-,18?/m000/s1. The number of likely N-dealkylation sites (tertiary alicyclic amines) is 4. The maximum atomic E-state index is 13.8. The zero-order chi connectivity index (χ0) is 106. The van der Waals surface area contributed by atoms with Gasteiger partial charge >= 0.3 is 18.3 Å². The molecule has 0 bridgehead atoms. The van der Waals surface area contributed by atoms with Crippen molar-refractivity contribution in [2.24, 2.45) is 28.7 Å². The van der Waals surface area contributed by atoms with Crippen molar-refractivity contribution in [1.82, 2.24) is 86.0 Å². The number of methoxy groups -OCH3 is 3. The maximum absolute atomic E-state index is 13.8. The molecule has 4 fully saturated rings. The number of carbonyl (C=O) groups excluding carboxylic acids is 8. The molecule has 31 nitrogen and oxygen atoms in total. The monoisotopic (exact) mass is 2070 g/mol. The van der Waals surface area contributed by atoms with Gasteiger partial charge in [-0.3, -0.25) is 24.0 Å². The molecule has 782 valence electrons. The van der Waals surface area contributed by atoms with Crippen LogP contribution in [0.2, 0.25) is 5.02 Å². The Morgan fingerprint density at radius 1 is 0.473 bits per heavy atom. The lowest BCUT2D eigenvalue weighted by atomic mass is 9.96. The van der Waals surface area contributed by atoms with Crippen LogP contribution in [-0.4, -0.2) is 215 Å². The van der Waals surface area contributed by atoms with Crippen LogP contribution >= 0.6 is 27.4 Å². The number of benzene rings is 7. The summed E-state index contributed by atoms with van der Waals surface area (Å²) in [5, 5.41) is 23.8. The highest BCUT2D eigenvalue weighted by molar-refractivity contribution is 7.72. The Hall–Kier alpha value is -13.4. The first kappa shape index (κ1) is 107. The average molecular weight is 2070 g/mol. The molecule has 11 aromatic rings. The van der Waals surface area contributed by atoms with Gasteiger partial charge in [0.15, 0.2) is 0 Å². The van der Waals surface area contributed by atoms with Gasteiger partial charge in [0.1, 0.15) is 59.3 Å². The SMILES string of the molecule is COC(=O)N[C@H](C(=O)N1CCC[C@H]1c1ncc(-c2ccc(Cl)c(CC3=NC(c4ccccc4)Oc4cc(-c5cnc([C@@H]6CCCN6C(=O)[C@@H](NC(=O)OC)C(C)C)[nH]5)ccc43)c2)[nH]1)C(C)C.COC(=O)N[C@H](C(=O)N1CCC[C@H]1c1ncc(-c2ccc3c(c2)cc2n3[C@H](c3ccccc3)Oc3cc(C4=CNC(C5CCCN5C(=O)[C@@H](NC(C)=O)C(C)C)N4)ccc3-2)[nH]1)C(C)C.CP(c1ccccc1[P@](C)C(C)(C)C)C(C)(C)C. The number of fused-ring (bicyclic) bond motifs is 6. The molecule has 7 aliphatic rings. The number of nitrogens with zero attached hydrogens (tertiary/aromatic N) is 9. The van der Waals surface area contributed by atoms with Crippen molar-refractivity contribution >= 4 is 108 Å². The van der Waals surface area contributed by atoms with Crippen molar-refractivity contribution in [1.29, 1.82) is 0 Å². The first-order valence-electron chi connectivity index (χ1n) is 51.5. The smallest absolute Gasteiger partial charge is 0.407 e. The average Bonchev–Trinajstić information content (AvgIpc) is 1.57. The summed E-state index contributed by atoms with van der Waals surface area (Å²) in [6, 6.07) is 52.3. The highest BCUT2D eigenvalue weighted by Gasteiger charge is 2.45. The second kappa shape index (κ2) is 46.2. The van der Waals surface area contributed by atoms with Gasteiger partial charge in [0.05, 0.1) is 104 Å². The number of aliphatic imine (C=N–C) groups is 1. The van der Waals surface area contributed by atoms with Crippen molar-refractivity contribution in [3.05, 3.63) is 239 Å². The van der Waals surface area contributed by atoms with Gasteiger partial charge in [-0.05, 0) is 175 Å². The number of halogens is 1. The number of aromatic nitrogens is 7. The number of carbonyl (C=O) groups is 8. The second-order valence-electron chi connectivity index (χ2n) is 42.6. The van der Waals surface area contributed by atoms with Gasteiger partial charge in [0.2, 0.25) is 42.0 Å². The summed E-state index contributed by atoms with van der Waals surface area (Å²) in [5.74, 6) is 2.26. The molecular formula is C114H141ClN18O13P2. The molecule has 0 aliphatic carbocycles. The highest BCUT2D eigenvalue weighted by Crippen LogP contribution is 2.52. The predicted molar refractivity (Wildman–Crippen MR) is 583 cm³/mol. The minimum absolute atomic E-state index is 0.0343. The summed E-state index contributed by atoms with van der Waals surface area (Å²) >= 11 is 6.95. The molecule has 0 spiro atoms. The van der Waals surface area contributed by atoms with E-state index < -0.39 is 54.9 Å². The normalized spacial score (nSPS) is 19.6. The Balaban J connectivity index is 0.000000181. The van der Waals surface area contributed by atoms with E-state index in [1.807, 2.05) is 163 Å². The van der Waals surface area contributed by atoms with Gasteiger partial charge in [-0.1, -0.05) is 234 Å². The summed E-state index contributed by atoms with van der Waals surface area (Å²) in [6.45, 7) is 38.1. The molecule has 7 aromatic carbocycles. The van der Waals surface area contributed by atoms with E-state index in [0.29, 0.717) is 71.2 Å². The minimum atomic E-state index is -0.733. The third kappa shape index (κ3) is 23.7. The Morgan fingerprint density at radius 3 is 1.36 bits per heavy atom. The summed E-state index contributed by atoms with van der Waals surface area (Å²) in [6.07, 6.45) is 11.0. The minimum Gasteiger partial charge on any atom is -0.465 e. The molecule has 148 heavy (non-hydrogen) atoms. The Morgan fingerprint density at radius 2 is 0.885 bits per heavy atom. The topological polar surface area (TPSA) is 371 Å². The zero-order valence-corrected chi connectivity index (χ0v) is 90.9. The Kier molecular flexibility index (Phi) is 33.5. The first-order valence-corrected chi connectivity index (χ1v) is 55.4. The van der Waals surface area contributed by atoms with Gasteiger partial charge in [-0.15, -0.1) is 0 Å². The lowest BCUT2D eigenvalue weighted by Crippen LogP contribution is -2.57. The molecule has 0 radical (unpaired) electrons. The van der Waals surface area contributed by atoms with E-state index in [2.05, 4.69) is 185 Å². The molecule has 8 amide bonds. The van der Waals surface area contributed by atoms with Crippen LogP contribution in [0.15, 0.2) is 194 Å². The van der Waals surface area contributed by atoms with Gasteiger partial charge in [-0.2, -0.15) is 0 Å². The number of nitrogens with one attached hydrogen (secondary N) is 9. The van der Waals surface area contributed by atoms with Crippen molar-refractivity contribution in [3.63, 3.8) is 0 Å². The molecule has 4 saturated heterocycles. The van der Waals surface area contributed by atoms with Crippen LogP contribution in [-0.2, 0) is 44.6 Å². The van der Waals surface area contributed by atoms with Gasteiger partial charge in [0, 0.05) is 95.1 Å². The lowest BCUT2D eigenvalue weighted by Gasteiger charge is -2.35. The van der Waals surface area contributed by atoms with E-state index in [1.165, 1.54) is 28.3 Å². The van der Waals surface area contributed by atoms with E-state index in [1.54, 1.807) is 32.8 Å². The molecule has 4 aromatic heterocycles. The van der Waals surface area contributed by atoms with Gasteiger partial charge < -0.3 is 94.7 Å². The van der Waals surface area contributed by atoms with E-state index in [9.17, 15) is 38.4 Å². The van der Waals surface area contributed by atoms with Crippen LogP contribution in [0, 0.1) is 23.7 Å². The summed E-state index contributed by atoms with van der Waals surface area (Å²) in [7, 11) is 3.66. The number of ether oxygens (including phenoxy) is 5. The van der Waals surface area contributed by atoms with E-state index in [0.717, 1.165) is 152 Å². The number of alkyl carbamates (subject to hydrolysis) is 3. The molecule has 0 saturated carbocycles. The third-order valence-corrected chi connectivity index (χ3v) is 36.1. The highest BCUT2D eigenvalue weighted by atomic mass is 35.5. The van der Waals surface area contributed by atoms with Crippen molar-refractivity contribution in [3.8, 4) is 56.5 Å². The number of imidazole rings is 3. The second-order valence-corrected chi connectivity index (χ2v) is 48.9. The number of rotatable bonds is 26. The fourth-order valence-corrected chi connectivity index (χ4v) is 24.6. The van der Waals surface area contributed by atoms with Crippen LogP contribution < -0.4 is 52.0 Å². The molecule has 13 atom stereocenters. The zero-order valence-electron chi connectivity index (χ0n) is 88.4. The number of H-pyrrole nitrogens is 3. The summed E-state index contributed by atoms with van der Waals surface area (Å²) in [5.41, 5.74) is 14.3. The molecule has 7 aliphatic heterocycles. The fraction of sp³-hybridized carbons (Fsp3) is 0.439. The Bertz CT molecular complexity index is 6680. The quantitative estimate of drug-likeness (QED) is 0.0180. The summed E-state index contributed by atoms with van der Waals surface area (Å²) in [4.78, 5) is 141. The molecule has 11 heterocycles. The van der Waals surface area contributed by atoms with Crippen LogP contribution in [0.25, 0.3) is 61.6 Å². The number of hydrogen-bond donors (Lipinski definition) is 9. The predicted octanol–water partition coefficient (Wildman–Crippen LogP) is 19.7. The summed E-state index contributed by atoms with van der Waals surface area (Å²) < 4.78 is 30.2.